The molecule has 0 saturated carbocycles. The van der Waals surface area contributed by atoms with Gasteiger partial charge in [-0.05, 0) is 18.6 Å². The minimum Gasteiger partial charge on any atom is -0.464 e. The van der Waals surface area contributed by atoms with Crippen LogP contribution < -0.4 is 0 Å². The Morgan fingerprint density at radius 3 is 2.72 bits per heavy atom. The van der Waals surface area contributed by atoms with Crippen molar-refractivity contribution in [3.8, 4) is 0 Å². The van der Waals surface area contributed by atoms with Gasteiger partial charge in [0.15, 0.2) is 0 Å². The molecule has 0 aliphatic rings. The van der Waals surface area contributed by atoms with Crippen LogP contribution in [0.1, 0.15) is 16.7 Å². The minimum absolute atomic E-state index is 0.0198. The first-order valence-electron chi connectivity index (χ1n) is 7.88. The number of likely N-dealkylation sites (N-methyl/N-ethyl adjacent to an activating group) is 1. The summed E-state index contributed by atoms with van der Waals surface area (Å²) in [6, 6.07) is 12.3. The maximum Gasteiger partial charge on any atom is 0.274 e. The first-order chi connectivity index (χ1) is 12.0. The third-order valence-corrected chi connectivity index (χ3v) is 4.17. The van der Waals surface area contributed by atoms with Crippen molar-refractivity contribution in [1.82, 2.24) is 4.90 Å². The van der Waals surface area contributed by atoms with Crippen LogP contribution in [0.25, 0.3) is 11.0 Å². The second kappa shape index (κ2) is 6.76. The van der Waals surface area contributed by atoms with Crippen molar-refractivity contribution in [2.75, 3.05) is 7.05 Å². The molecule has 0 bridgehead atoms. The van der Waals surface area contributed by atoms with Gasteiger partial charge in [-0.1, -0.05) is 30.3 Å². The lowest BCUT2D eigenvalue weighted by Gasteiger charge is -2.17. The highest BCUT2D eigenvalue weighted by molar-refractivity contribution is 5.87. The number of fused-ring (bicyclic) bond motifs is 1. The SMILES string of the molecule is Cc1ccc2c(CC(=O)N(C)Cc3ccccc3[N+](=O)[O-])coc2c1. The number of rotatable bonds is 5. The van der Waals surface area contributed by atoms with Gasteiger partial charge in [0.2, 0.25) is 5.91 Å². The van der Waals surface area contributed by atoms with E-state index in [1.54, 1.807) is 31.5 Å². The van der Waals surface area contributed by atoms with Gasteiger partial charge in [-0.25, -0.2) is 0 Å². The number of nitro benzene ring substituents is 1. The predicted octanol–water partition coefficient (Wildman–Crippen LogP) is 3.85. The van der Waals surface area contributed by atoms with Crippen molar-refractivity contribution in [1.29, 1.82) is 0 Å². The Labute approximate surface area is 144 Å². The lowest BCUT2D eigenvalue weighted by Crippen LogP contribution is -2.28. The summed E-state index contributed by atoms with van der Waals surface area (Å²) in [5, 5.41) is 12.0. The van der Waals surface area contributed by atoms with E-state index < -0.39 is 4.92 Å². The second-order valence-corrected chi connectivity index (χ2v) is 6.07. The highest BCUT2D eigenvalue weighted by atomic mass is 16.6. The molecule has 3 rings (SSSR count). The standard InChI is InChI=1S/C19H18N2O4/c1-13-7-8-16-15(12-25-18(16)9-13)10-19(22)20(2)11-14-5-3-4-6-17(14)21(23)24/h3-9,12H,10-11H2,1-2H3. The number of benzene rings is 2. The van der Waals surface area contributed by atoms with Crippen LogP contribution in [0, 0.1) is 17.0 Å². The van der Waals surface area contributed by atoms with Gasteiger partial charge in [-0.15, -0.1) is 0 Å². The molecule has 0 radical (unpaired) electrons. The maximum atomic E-state index is 12.5. The molecular formula is C19H18N2O4. The zero-order valence-electron chi connectivity index (χ0n) is 14.1. The van der Waals surface area contributed by atoms with Gasteiger partial charge in [-0.3, -0.25) is 14.9 Å². The quantitative estimate of drug-likeness (QED) is 0.523. The van der Waals surface area contributed by atoms with Crippen molar-refractivity contribution >= 4 is 22.6 Å². The van der Waals surface area contributed by atoms with Crippen molar-refractivity contribution in [3.05, 3.63) is 75.5 Å². The molecule has 0 aliphatic heterocycles. The largest absolute Gasteiger partial charge is 0.464 e. The molecule has 0 spiro atoms. The van der Waals surface area contributed by atoms with Crippen molar-refractivity contribution in [2.24, 2.45) is 0 Å². The minimum atomic E-state index is -0.431. The Bertz CT molecular complexity index is 946. The topological polar surface area (TPSA) is 76.6 Å². The molecule has 1 aromatic heterocycles. The molecule has 25 heavy (non-hydrogen) atoms. The second-order valence-electron chi connectivity index (χ2n) is 6.07. The Hall–Kier alpha value is -3.15. The highest BCUT2D eigenvalue weighted by Crippen LogP contribution is 2.24. The van der Waals surface area contributed by atoms with E-state index in [9.17, 15) is 14.9 Å². The number of aryl methyl sites for hydroxylation is 1. The first kappa shape index (κ1) is 16.7. The Morgan fingerprint density at radius 1 is 1.20 bits per heavy atom. The summed E-state index contributed by atoms with van der Waals surface area (Å²) in [5.74, 6) is -0.124. The number of amides is 1. The van der Waals surface area contributed by atoms with Crippen LogP contribution in [-0.4, -0.2) is 22.8 Å². The van der Waals surface area contributed by atoms with Crippen LogP contribution in [-0.2, 0) is 17.8 Å². The number of hydrogen-bond acceptors (Lipinski definition) is 4. The molecule has 2 aromatic carbocycles. The number of nitro groups is 1. The van der Waals surface area contributed by atoms with Gasteiger partial charge in [0, 0.05) is 29.6 Å². The highest BCUT2D eigenvalue weighted by Gasteiger charge is 2.18. The number of carbonyl (C=O) groups excluding carboxylic acids is 1. The van der Waals surface area contributed by atoms with Gasteiger partial charge in [0.1, 0.15) is 5.58 Å². The monoisotopic (exact) mass is 338 g/mol. The number of carbonyl (C=O) groups is 1. The Balaban J connectivity index is 1.76. The van der Waals surface area contributed by atoms with E-state index in [1.807, 2.05) is 25.1 Å². The van der Waals surface area contributed by atoms with Crippen LogP contribution in [0.5, 0.6) is 0 Å². The van der Waals surface area contributed by atoms with Gasteiger partial charge >= 0.3 is 0 Å². The zero-order chi connectivity index (χ0) is 18.0. The van der Waals surface area contributed by atoms with Gasteiger partial charge in [-0.2, -0.15) is 0 Å². The van der Waals surface area contributed by atoms with Gasteiger partial charge in [0.05, 0.1) is 24.2 Å². The van der Waals surface area contributed by atoms with Crippen molar-refractivity contribution in [3.63, 3.8) is 0 Å². The fourth-order valence-corrected chi connectivity index (χ4v) is 2.79. The molecule has 0 N–H and O–H groups in total. The van der Waals surface area contributed by atoms with E-state index in [0.29, 0.717) is 5.56 Å². The van der Waals surface area contributed by atoms with Crippen LogP contribution in [0.4, 0.5) is 5.69 Å². The zero-order valence-corrected chi connectivity index (χ0v) is 14.1. The average molecular weight is 338 g/mol. The molecular weight excluding hydrogens is 320 g/mol. The molecule has 0 aliphatic carbocycles. The summed E-state index contributed by atoms with van der Waals surface area (Å²) < 4.78 is 5.52. The summed E-state index contributed by atoms with van der Waals surface area (Å²) >= 11 is 0. The van der Waals surface area contributed by atoms with E-state index in [2.05, 4.69) is 0 Å². The molecule has 0 atom stereocenters. The molecule has 1 amide bonds. The maximum absolute atomic E-state index is 12.5. The number of nitrogens with zero attached hydrogens (tertiary/aromatic N) is 2. The molecule has 1 heterocycles. The molecule has 0 fully saturated rings. The van der Waals surface area contributed by atoms with Gasteiger partial charge in [0.25, 0.3) is 5.69 Å². The van der Waals surface area contributed by atoms with E-state index in [-0.39, 0.29) is 24.6 Å². The lowest BCUT2D eigenvalue weighted by molar-refractivity contribution is -0.385. The number of para-hydroxylation sites is 1. The molecule has 0 unspecified atom stereocenters. The summed E-state index contributed by atoms with van der Waals surface area (Å²) in [6.45, 7) is 2.16. The van der Waals surface area contributed by atoms with E-state index >= 15 is 0 Å². The van der Waals surface area contributed by atoms with Gasteiger partial charge < -0.3 is 9.32 Å². The lowest BCUT2D eigenvalue weighted by atomic mass is 10.1. The van der Waals surface area contributed by atoms with E-state index in [4.69, 9.17) is 4.42 Å². The smallest absolute Gasteiger partial charge is 0.274 e. The fourth-order valence-electron chi connectivity index (χ4n) is 2.79. The first-order valence-corrected chi connectivity index (χ1v) is 7.88. The summed E-state index contributed by atoms with van der Waals surface area (Å²) in [6.07, 6.45) is 1.79. The van der Waals surface area contributed by atoms with Crippen LogP contribution >= 0.6 is 0 Å². The summed E-state index contributed by atoms with van der Waals surface area (Å²) in [7, 11) is 1.64. The molecule has 128 valence electrons. The third-order valence-electron chi connectivity index (χ3n) is 4.17. The van der Waals surface area contributed by atoms with Crippen LogP contribution in [0.2, 0.25) is 0 Å². The normalized spacial score (nSPS) is 10.8. The Kier molecular flexibility index (Phi) is 4.52. The average Bonchev–Trinajstić information content (AvgIpc) is 2.97. The van der Waals surface area contributed by atoms with E-state index in [0.717, 1.165) is 22.1 Å². The molecule has 6 nitrogen and oxygen atoms in total. The third kappa shape index (κ3) is 3.52. The summed E-state index contributed by atoms with van der Waals surface area (Å²) in [5.41, 5.74) is 3.19. The molecule has 3 aromatic rings. The van der Waals surface area contributed by atoms with Crippen LogP contribution in [0.3, 0.4) is 0 Å². The number of hydrogen-bond donors (Lipinski definition) is 0. The molecule has 6 heteroatoms. The van der Waals surface area contributed by atoms with E-state index in [1.165, 1.54) is 11.0 Å². The summed E-state index contributed by atoms with van der Waals surface area (Å²) in [4.78, 5) is 24.7. The fraction of sp³-hybridized carbons (Fsp3) is 0.211. The predicted molar refractivity (Wildman–Crippen MR) is 94.2 cm³/mol. The van der Waals surface area contributed by atoms with Crippen LogP contribution in [0.15, 0.2) is 53.1 Å². The Morgan fingerprint density at radius 2 is 1.96 bits per heavy atom. The number of furan rings is 1. The van der Waals surface area contributed by atoms with Crippen molar-refractivity contribution in [2.45, 2.75) is 19.9 Å². The van der Waals surface area contributed by atoms with Crippen molar-refractivity contribution < 1.29 is 14.1 Å². The molecule has 0 saturated heterocycles.